The smallest absolute Gasteiger partial charge is 0.198 e. The monoisotopic (exact) mass is 331 g/mol. The second-order valence-electron chi connectivity index (χ2n) is 5.84. The number of guanidine groups is 2. The molecule has 0 saturated heterocycles. The molecule has 1 rings (SSSR count). The van der Waals surface area contributed by atoms with Crippen molar-refractivity contribution in [3.63, 3.8) is 0 Å². The summed E-state index contributed by atoms with van der Waals surface area (Å²) < 4.78 is 0. The van der Waals surface area contributed by atoms with Gasteiger partial charge in [0.05, 0.1) is 6.54 Å². The van der Waals surface area contributed by atoms with E-state index in [1.165, 1.54) is 32.1 Å². The van der Waals surface area contributed by atoms with Gasteiger partial charge in [0.25, 0.3) is 0 Å². The van der Waals surface area contributed by atoms with E-state index in [9.17, 15) is 0 Å². The number of rotatable bonds is 10. The summed E-state index contributed by atoms with van der Waals surface area (Å²) in [5, 5.41) is 6.25. The molecule has 0 amide bonds. The van der Waals surface area contributed by atoms with Crippen LogP contribution in [0.4, 0.5) is 0 Å². The Bertz CT molecular complexity index is 482. The van der Waals surface area contributed by atoms with Crippen molar-refractivity contribution in [2.24, 2.45) is 15.7 Å². The zero-order valence-electron chi connectivity index (χ0n) is 15.2. The van der Waals surface area contributed by atoms with Crippen LogP contribution in [-0.4, -0.2) is 25.0 Å². The van der Waals surface area contributed by atoms with Gasteiger partial charge in [-0.25, -0.2) is 4.99 Å². The zero-order chi connectivity index (χ0) is 17.5. The molecule has 1 aromatic carbocycles. The Kier molecular flexibility index (Phi) is 11.2. The largest absolute Gasteiger partial charge is 0.370 e. The van der Waals surface area contributed by atoms with Gasteiger partial charge in [0.1, 0.15) is 0 Å². The highest BCUT2D eigenvalue weighted by molar-refractivity contribution is 5.97. The molecule has 0 heterocycles. The van der Waals surface area contributed by atoms with E-state index in [-0.39, 0.29) is 0 Å². The van der Waals surface area contributed by atoms with Crippen LogP contribution in [0.1, 0.15) is 57.9 Å². The molecule has 0 fully saturated rings. The van der Waals surface area contributed by atoms with Crippen molar-refractivity contribution in [1.82, 2.24) is 10.6 Å². The van der Waals surface area contributed by atoms with Crippen LogP contribution in [0.15, 0.2) is 40.3 Å². The molecular weight excluding hydrogens is 298 g/mol. The van der Waals surface area contributed by atoms with Crippen molar-refractivity contribution < 1.29 is 0 Å². The van der Waals surface area contributed by atoms with Gasteiger partial charge in [0, 0.05) is 13.1 Å². The van der Waals surface area contributed by atoms with Gasteiger partial charge < -0.3 is 11.1 Å². The predicted octanol–water partition coefficient (Wildman–Crippen LogP) is 3.42. The molecule has 4 N–H and O–H groups in total. The fraction of sp³-hybridized carbons (Fsp3) is 0.579. The van der Waals surface area contributed by atoms with Crippen LogP contribution in [0.3, 0.4) is 0 Å². The van der Waals surface area contributed by atoms with Crippen molar-refractivity contribution in [2.75, 3.05) is 13.1 Å². The number of nitrogens with one attached hydrogen (secondary N) is 2. The average molecular weight is 332 g/mol. The summed E-state index contributed by atoms with van der Waals surface area (Å²) in [5.74, 6) is 1.10. The van der Waals surface area contributed by atoms with Gasteiger partial charge in [-0.3, -0.25) is 10.3 Å². The summed E-state index contributed by atoms with van der Waals surface area (Å²) in [5.41, 5.74) is 7.12. The van der Waals surface area contributed by atoms with Crippen LogP contribution in [-0.2, 0) is 6.54 Å². The van der Waals surface area contributed by atoms with Gasteiger partial charge in [-0.2, -0.15) is 0 Å². The van der Waals surface area contributed by atoms with E-state index in [1.54, 1.807) is 0 Å². The van der Waals surface area contributed by atoms with E-state index in [0.29, 0.717) is 18.5 Å². The molecule has 134 valence electrons. The average Bonchev–Trinajstić information content (AvgIpc) is 2.60. The molecule has 0 aliphatic heterocycles. The topological polar surface area (TPSA) is 74.8 Å². The number of unbranched alkanes of at least 4 members (excludes halogenated alkanes) is 5. The van der Waals surface area contributed by atoms with Crippen molar-refractivity contribution in [3.8, 4) is 0 Å². The Morgan fingerprint density at radius 1 is 0.958 bits per heavy atom. The zero-order valence-corrected chi connectivity index (χ0v) is 15.2. The Labute approximate surface area is 146 Å². The summed E-state index contributed by atoms with van der Waals surface area (Å²) in [6, 6.07) is 10.2. The maximum atomic E-state index is 5.95. The molecule has 0 aliphatic carbocycles. The van der Waals surface area contributed by atoms with Crippen LogP contribution in [0, 0.1) is 0 Å². The highest BCUT2D eigenvalue weighted by Gasteiger charge is 2.00. The minimum atomic E-state index is 0.427. The molecule has 24 heavy (non-hydrogen) atoms. The molecule has 0 radical (unpaired) electrons. The lowest BCUT2D eigenvalue weighted by Gasteiger charge is -2.10. The molecule has 5 nitrogen and oxygen atoms in total. The van der Waals surface area contributed by atoms with Gasteiger partial charge in [-0.1, -0.05) is 69.4 Å². The normalized spacial score (nSPS) is 12.2. The first kappa shape index (κ1) is 20.0. The van der Waals surface area contributed by atoms with Gasteiger partial charge in [-0.05, 0) is 18.9 Å². The van der Waals surface area contributed by atoms with Crippen molar-refractivity contribution in [3.05, 3.63) is 35.9 Å². The van der Waals surface area contributed by atoms with Gasteiger partial charge in [0.15, 0.2) is 11.9 Å². The Hall–Kier alpha value is -2.04. The first-order valence-corrected chi connectivity index (χ1v) is 9.15. The van der Waals surface area contributed by atoms with Gasteiger partial charge in [0.2, 0.25) is 0 Å². The number of hydrogen-bond donors (Lipinski definition) is 3. The first-order chi connectivity index (χ1) is 11.8. The highest BCUT2D eigenvalue weighted by Crippen LogP contribution is 2.04. The van der Waals surface area contributed by atoms with E-state index in [0.717, 1.165) is 25.1 Å². The van der Waals surface area contributed by atoms with Crippen molar-refractivity contribution >= 4 is 11.9 Å². The number of nitrogens with two attached hydrogens (primary N) is 1. The molecule has 0 aliphatic rings. The minimum absolute atomic E-state index is 0.427. The third kappa shape index (κ3) is 9.87. The lowest BCUT2D eigenvalue weighted by atomic mass is 10.1. The second-order valence-corrected chi connectivity index (χ2v) is 5.84. The Morgan fingerprint density at radius 2 is 1.67 bits per heavy atom. The molecule has 0 spiro atoms. The summed E-state index contributed by atoms with van der Waals surface area (Å²) in [6.07, 6.45) is 7.53. The van der Waals surface area contributed by atoms with Gasteiger partial charge >= 0.3 is 0 Å². The van der Waals surface area contributed by atoms with E-state index < -0.39 is 0 Å². The minimum Gasteiger partial charge on any atom is -0.370 e. The molecule has 0 unspecified atom stereocenters. The molecule has 1 aromatic rings. The standard InChI is InChI=1S/C19H33N5/c1-3-5-6-7-8-12-15-22-18(20)24-19(21-4-2)23-16-17-13-10-9-11-14-17/h9-11,13-14H,3-8,12,15-16H2,1-2H3,(H4,20,21,22,23,24). The second kappa shape index (κ2) is 13.4. The molecule has 5 heteroatoms. The summed E-state index contributed by atoms with van der Waals surface area (Å²) >= 11 is 0. The third-order valence-electron chi connectivity index (χ3n) is 3.65. The molecule has 0 bridgehead atoms. The number of hydrogen-bond acceptors (Lipinski definition) is 2. The third-order valence-corrected chi connectivity index (χ3v) is 3.65. The van der Waals surface area contributed by atoms with Crippen molar-refractivity contribution in [1.29, 1.82) is 0 Å². The van der Waals surface area contributed by atoms with Crippen LogP contribution in [0.25, 0.3) is 0 Å². The lowest BCUT2D eigenvalue weighted by Crippen LogP contribution is -2.44. The van der Waals surface area contributed by atoms with E-state index in [2.05, 4.69) is 39.7 Å². The van der Waals surface area contributed by atoms with E-state index in [4.69, 9.17) is 5.73 Å². The molecule has 0 aromatic heterocycles. The van der Waals surface area contributed by atoms with Gasteiger partial charge in [-0.15, -0.1) is 0 Å². The number of aliphatic imine (C=N–C) groups is 2. The fourth-order valence-corrected chi connectivity index (χ4v) is 2.31. The Morgan fingerprint density at radius 3 is 2.38 bits per heavy atom. The van der Waals surface area contributed by atoms with Crippen LogP contribution < -0.4 is 16.4 Å². The first-order valence-electron chi connectivity index (χ1n) is 9.15. The Balaban J connectivity index is 2.35. The maximum Gasteiger partial charge on any atom is 0.198 e. The number of benzene rings is 1. The van der Waals surface area contributed by atoms with Crippen molar-refractivity contribution in [2.45, 2.75) is 58.9 Å². The summed E-state index contributed by atoms with van der Waals surface area (Å²) in [6.45, 7) is 6.43. The lowest BCUT2D eigenvalue weighted by molar-refractivity contribution is 0.612. The fourth-order valence-electron chi connectivity index (χ4n) is 2.31. The molecule has 0 atom stereocenters. The summed E-state index contributed by atoms with van der Waals surface area (Å²) in [7, 11) is 0. The molecule has 0 saturated carbocycles. The SMILES string of the molecule is CCCCCCCCN=C(N)NC(=NCc1ccccc1)NCC. The highest BCUT2D eigenvalue weighted by atomic mass is 15.2. The summed E-state index contributed by atoms with van der Waals surface area (Å²) in [4.78, 5) is 8.92. The van der Waals surface area contributed by atoms with Crippen LogP contribution in [0.2, 0.25) is 0 Å². The van der Waals surface area contributed by atoms with Crippen LogP contribution >= 0.6 is 0 Å². The number of nitrogens with zero attached hydrogens (tertiary/aromatic N) is 2. The van der Waals surface area contributed by atoms with E-state index in [1.807, 2.05) is 25.1 Å². The quantitative estimate of drug-likeness (QED) is 0.349. The molecular formula is C19H33N5. The maximum absolute atomic E-state index is 5.95. The predicted molar refractivity (Wildman–Crippen MR) is 104 cm³/mol. The van der Waals surface area contributed by atoms with E-state index >= 15 is 0 Å². The van der Waals surface area contributed by atoms with Crippen LogP contribution in [0.5, 0.6) is 0 Å².